The van der Waals surface area contributed by atoms with E-state index in [1.54, 1.807) is 0 Å². The van der Waals surface area contributed by atoms with E-state index in [9.17, 15) is 4.79 Å². The van der Waals surface area contributed by atoms with Crippen LogP contribution in [0.5, 0.6) is 0 Å². The Balaban J connectivity index is 1.60. The van der Waals surface area contributed by atoms with E-state index >= 15 is 0 Å². The Kier molecular flexibility index (Phi) is 5.25. The van der Waals surface area contributed by atoms with Gasteiger partial charge in [-0.2, -0.15) is 5.10 Å². The van der Waals surface area contributed by atoms with Crippen molar-refractivity contribution in [1.29, 1.82) is 0 Å². The maximum absolute atomic E-state index is 12.5. The highest BCUT2D eigenvalue weighted by Crippen LogP contribution is 2.19. The van der Waals surface area contributed by atoms with Gasteiger partial charge in [0.2, 0.25) is 5.91 Å². The van der Waals surface area contributed by atoms with Crippen LogP contribution in [0.2, 0.25) is 0 Å². The molecule has 1 fully saturated rings. The smallest absolute Gasteiger partial charge is 0.244 e. The largest absolute Gasteiger partial charge is 0.379 e. The second-order valence-corrected chi connectivity index (χ2v) is 5.82. The third-order valence-corrected chi connectivity index (χ3v) is 4.32. The lowest BCUT2D eigenvalue weighted by Gasteiger charge is -2.26. The summed E-state index contributed by atoms with van der Waals surface area (Å²) in [5.74, 6) is 0.0367. The molecule has 0 radical (unpaired) electrons. The van der Waals surface area contributed by atoms with Gasteiger partial charge in [-0.3, -0.25) is 14.4 Å². The van der Waals surface area contributed by atoms with E-state index in [-0.39, 0.29) is 11.9 Å². The first-order valence-electron chi connectivity index (χ1n) is 8.29. The fraction of sp³-hybridized carbons (Fsp3) is 0.529. The Morgan fingerprint density at radius 2 is 2.13 bits per heavy atom. The summed E-state index contributed by atoms with van der Waals surface area (Å²) in [4.78, 5) is 14.9. The van der Waals surface area contributed by atoms with Gasteiger partial charge in [0.25, 0.3) is 0 Å². The topological polar surface area (TPSA) is 59.4 Å². The molecule has 6 nitrogen and oxygen atoms in total. The fourth-order valence-electron chi connectivity index (χ4n) is 2.99. The third-order valence-electron chi connectivity index (χ3n) is 4.32. The molecule has 3 rings (SSSR count). The molecule has 1 aromatic heterocycles. The summed E-state index contributed by atoms with van der Waals surface area (Å²) in [6, 6.07) is 7.72. The zero-order chi connectivity index (χ0) is 16.1. The number of nitrogens with zero attached hydrogens (tertiary/aromatic N) is 3. The number of aromatic nitrogens is 2. The molecule has 1 atom stereocenters. The Labute approximate surface area is 136 Å². The molecule has 0 saturated carbocycles. The molecular formula is C17H24N4O2. The van der Waals surface area contributed by atoms with Gasteiger partial charge in [0, 0.05) is 31.6 Å². The van der Waals surface area contributed by atoms with E-state index < -0.39 is 0 Å². The number of nitrogens with one attached hydrogen (secondary N) is 1. The first-order chi connectivity index (χ1) is 11.3. The van der Waals surface area contributed by atoms with Crippen molar-refractivity contribution in [2.75, 3.05) is 39.4 Å². The molecule has 1 saturated heterocycles. The molecule has 1 aromatic carbocycles. The summed E-state index contributed by atoms with van der Waals surface area (Å²) in [7, 11) is 0. The number of carbonyl (C=O) groups is 1. The molecule has 2 aromatic rings. The lowest BCUT2D eigenvalue weighted by atomic mass is 10.2. The molecule has 6 heteroatoms. The quantitative estimate of drug-likeness (QED) is 0.876. The summed E-state index contributed by atoms with van der Waals surface area (Å²) >= 11 is 0. The van der Waals surface area contributed by atoms with Gasteiger partial charge in [-0.25, -0.2) is 0 Å². The molecule has 1 amide bonds. The van der Waals surface area contributed by atoms with Gasteiger partial charge in [0.1, 0.15) is 6.04 Å². The summed E-state index contributed by atoms with van der Waals surface area (Å²) < 4.78 is 7.16. The summed E-state index contributed by atoms with van der Waals surface area (Å²) in [6.07, 6.45) is 2.54. The Bertz CT molecular complexity index is 649. The highest BCUT2D eigenvalue weighted by molar-refractivity contribution is 5.84. The maximum atomic E-state index is 12.5. The van der Waals surface area contributed by atoms with Crippen molar-refractivity contribution < 1.29 is 9.53 Å². The van der Waals surface area contributed by atoms with Crippen molar-refractivity contribution >= 4 is 16.8 Å². The number of benzene rings is 1. The van der Waals surface area contributed by atoms with Gasteiger partial charge >= 0.3 is 0 Å². The zero-order valence-electron chi connectivity index (χ0n) is 13.6. The predicted molar refractivity (Wildman–Crippen MR) is 89.3 cm³/mol. The molecule has 0 aliphatic carbocycles. The monoisotopic (exact) mass is 316 g/mol. The first kappa shape index (κ1) is 16.0. The molecule has 1 N–H and O–H groups in total. The number of hydrogen-bond acceptors (Lipinski definition) is 4. The fourth-order valence-corrected chi connectivity index (χ4v) is 2.99. The number of ether oxygens (including phenoxy) is 1. The van der Waals surface area contributed by atoms with Crippen molar-refractivity contribution in [1.82, 2.24) is 20.0 Å². The Morgan fingerprint density at radius 1 is 1.35 bits per heavy atom. The number of fused-ring (bicyclic) bond motifs is 1. The lowest BCUT2D eigenvalue weighted by Crippen LogP contribution is -2.42. The van der Waals surface area contributed by atoms with E-state index in [1.807, 2.05) is 42.1 Å². The van der Waals surface area contributed by atoms with Crippen LogP contribution in [0.15, 0.2) is 30.5 Å². The maximum Gasteiger partial charge on any atom is 0.244 e. The number of amides is 1. The number of rotatable bonds is 6. The molecule has 1 aliphatic heterocycles. The van der Waals surface area contributed by atoms with Crippen molar-refractivity contribution in [3.05, 3.63) is 30.5 Å². The molecule has 1 aliphatic rings. The van der Waals surface area contributed by atoms with Gasteiger partial charge in [-0.15, -0.1) is 0 Å². The molecule has 23 heavy (non-hydrogen) atoms. The van der Waals surface area contributed by atoms with E-state index in [1.165, 1.54) is 0 Å². The normalized spacial score (nSPS) is 17.3. The minimum absolute atomic E-state index is 0.0367. The molecule has 0 bridgehead atoms. The average molecular weight is 316 g/mol. The van der Waals surface area contributed by atoms with Crippen LogP contribution in [0, 0.1) is 0 Å². The van der Waals surface area contributed by atoms with E-state index in [4.69, 9.17) is 4.74 Å². The summed E-state index contributed by atoms with van der Waals surface area (Å²) in [5, 5.41) is 8.53. The van der Waals surface area contributed by atoms with Gasteiger partial charge in [-0.1, -0.05) is 25.1 Å². The van der Waals surface area contributed by atoms with Crippen LogP contribution in [0.25, 0.3) is 10.9 Å². The molecule has 0 spiro atoms. The van der Waals surface area contributed by atoms with Crippen LogP contribution >= 0.6 is 0 Å². The highest BCUT2D eigenvalue weighted by atomic mass is 16.5. The first-order valence-corrected chi connectivity index (χ1v) is 8.29. The number of hydrogen-bond donors (Lipinski definition) is 1. The van der Waals surface area contributed by atoms with Crippen LogP contribution < -0.4 is 5.32 Å². The van der Waals surface area contributed by atoms with Crippen molar-refractivity contribution in [3.63, 3.8) is 0 Å². The summed E-state index contributed by atoms with van der Waals surface area (Å²) in [6.45, 7) is 6.99. The molecule has 124 valence electrons. The van der Waals surface area contributed by atoms with Crippen molar-refractivity contribution in [2.24, 2.45) is 0 Å². The van der Waals surface area contributed by atoms with Crippen LogP contribution in [0.4, 0.5) is 0 Å². The predicted octanol–water partition coefficient (Wildman–Crippen LogP) is 1.44. The van der Waals surface area contributed by atoms with Crippen molar-refractivity contribution in [2.45, 2.75) is 19.4 Å². The SMILES string of the molecule is CCC(C(=O)NCCN1CCOCC1)n1ncc2ccccc21. The zero-order valence-corrected chi connectivity index (χ0v) is 13.6. The van der Waals surface area contributed by atoms with Gasteiger partial charge in [-0.05, 0) is 12.5 Å². The second kappa shape index (κ2) is 7.57. The van der Waals surface area contributed by atoms with Crippen LogP contribution in [-0.2, 0) is 9.53 Å². The lowest BCUT2D eigenvalue weighted by molar-refractivity contribution is -0.124. The average Bonchev–Trinajstić information content (AvgIpc) is 3.01. The van der Waals surface area contributed by atoms with E-state index in [0.717, 1.165) is 50.2 Å². The molecular weight excluding hydrogens is 292 g/mol. The van der Waals surface area contributed by atoms with Gasteiger partial charge in [0.05, 0.1) is 24.9 Å². The Hall–Kier alpha value is -1.92. The standard InChI is InChI=1S/C17H24N4O2/c1-2-15(21-16-6-4-3-5-14(16)13-19-21)17(22)18-7-8-20-9-11-23-12-10-20/h3-6,13,15H,2,7-12H2,1H3,(H,18,22). The van der Waals surface area contributed by atoms with Gasteiger partial charge in [0.15, 0.2) is 0 Å². The van der Waals surface area contributed by atoms with Crippen LogP contribution in [0.1, 0.15) is 19.4 Å². The number of morpholine rings is 1. The third kappa shape index (κ3) is 3.71. The number of carbonyl (C=O) groups excluding carboxylic acids is 1. The second-order valence-electron chi connectivity index (χ2n) is 5.82. The van der Waals surface area contributed by atoms with E-state index in [0.29, 0.717) is 6.54 Å². The minimum atomic E-state index is -0.264. The van der Waals surface area contributed by atoms with Gasteiger partial charge < -0.3 is 10.1 Å². The summed E-state index contributed by atoms with van der Waals surface area (Å²) in [5.41, 5.74) is 1.00. The highest BCUT2D eigenvalue weighted by Gasteiger charge is 2.21. The van der Waals surface area contributed by atoms with E-state index in [2.05, 4.69) is 15.3 Å². The molecule has 2 heterocycles. The Morgan fingerprint density at radius 3 is 2.91 bits per heavy atom. The van der Waals surface area contributed by atoms with Crippen LogP contribution in [-0.4, -0.2) is 60.0 Å². The molecule has 1 unspecified atom stereocenters. The minimum Gasteiger partial charge on any atom is -0.379 e. The van der Waals surface area contributed by atoms with Crippen LogP contribution in [0.3, 0.4) is 0 Å². The number of para-hydroxylation sites is 1. The van der Waals surface area contributed by atoms with Crippen molar-refractivity contribution in [3.8, 4) is 0 Å².